The number of nitrogens with zero attached hydrogens (tertiary/aromatic N) is 1. The summed E-state index contributed by atoms with van der Waals surface area (Å²) < 4.78 is 34.6. The van der Waals surface area contributed by atoms with Crippen LogP contribution < -0.4 is 15.0 Å². The highest BCUT2D eigenvalue weighted by Gasteiger charge is 2.35. The van der Waals surface area contributed by atoms with Crippen molar-refractivity contribution in [2.45, 2.75) is 38.6 Å². The van der Waals surface area contributed by atoms with Gasteiger partial charge in [0.25, 0.3) is 0 Å². The van der Waals surface area contributed by atoms with E-state index in [0.717, 1.165) is 56.2 Å². The first-order valence-corrected chi connectivity index (χ1v) is 14.6. The number of hydrogen-bond donors (Lipinski definition) is 1. The van der Waals surface area contributed by atoms with E-state index in [1.54, 1.807) is 21.3 Å². The molecule has 222 valence electrons. The van der Waals surface area contributed by atoms with Gasteiger partial charge < -0.3 is 38.6 Å². The van der Waals surface area contributed by atoms with Gasteiger partial charge >= 0.3 is 0 Å². The average Bonchev–Trinajstić information content (AvgIpc) is 2.97. The summed E-state index contributed by atoms with van der Waals surface area (Å²) in [7, 11) is 5.26. The Balaban J connectivity index is 1.41. The number of hydrogen-bond acceptors (Lipinski definition) is 8. The molecule has 1 fully saturated rings. The quantitative estimate of drug-likeness (QED) is 0.308. The topological polar surface area (TPSA) is 70.7 Å². The highest BCUT2D eigenvalue weighted by atomic mass is 16.5. The number of methoxy groups -OCH3 is 3. The van der Waals surface area contributed by atoms with Gasteiger partial charge in [-0.2, -0.15) is 0 Å². The molecule has 0 spiro atoms. The van der Waals surface area contributed by atoms with Crippen molar-refractivity contribution in [1.29, 1.82) is 0 Å². The Morgan fingerprint density at radius 3 is 2.55 bits per heavy atom. The number of piperidine rings is 1. The van der Waals surface area contributed by atoms with Crippen LogP contribution in [0.5, 0.6) is 5.75 Å². The lowest BCUT2D eigenvalue weighted by Gasteiger charge is -2.39. The molecule has 4 atom stereocenters. The summed E-state index contributed by atoms with van der Waals surface area (Å²) in [5.41, 5.74) is 4.76. The van der Waals surface area contributed by atoms with Crippen molar-refractivity contribution in [3.63, 3.8) is 0 Å². The van der Waals surface area contributed by atoms with Crippen LogP contribution in [0.2, 0.25) is 0 Å². The number of nitrogens with one attached hydrogen (secondary N) is 1. The van der Waals surface area contributed by atoms with E-state index >= 15 is 0 Å². The molecule has 1 N–H and O–H groups in total. The molecule has 4 rings (SSSR count). The molecule has 2 aromatic rings. The van der Waals surface area contributed by atoms with Gasteiger partial charge in [0.05, 0.1) is 51.4 Å². The third-order valence-corrected chi connectivity index (χ3v) is 7.75. The predicted molar refractivity (Wildman–Crippen MR) is 157 cm³/mol. The Hall–Kier alpha value is -2.20. The van der Waals surface area contributed by atoms with Gasteiger partial charge in [-0.15, -0.1) is 0 Å². The molecule has 0 amide bonds. The lowest BCUT2D eigenvalue weighted by molar-refractivity contribution is -0.0193. The minimum Gasteiger partial charge on any atom is -0.490 e. The fraction of sp³-hybridized carbons (Fsp3) is 0.625. The van der Waals surface area contributed by atoms with Gasteiger partial charge in [-0.25, -0.2) is 0 Å². The molecule has 8 nitrogen and oxygen atoms in total. The van der Waals surface area contributed by atoms with Crippen molar-refractivity contribution in [2.24, 2.45) is 11.8 Å². The summed E-state index contributed by atoms with van der Waals surface area (Å²) in [5.74, 6) is 1.90. The Morgan fingerprint density at radius 2 is 1.77 bits per heavy atom. The fourth-order valence-corrected chi connectivity index (χ4v) is 5.78. The lowest BCUT2D eigenvalue weighted by Crippen LogP contribution is -2.48. The van der Waals surface area contributed by atoms with Crippen LogP contribution in [-0.4, -0.2) is 86.6 Å². The minimum absolute atomic E-state index is 0.0379. The molecule has 0 aromatic heterocycles. The van der Waals surface area contributed by atoms with Crippen LogP contribution in [0.3, 0.4) is 0 Å². The van der Waals surface area contributed by atoms with Crippen LogP contribution in [0.15, 0.2) is 42.5 Å². The number of benzene rings is 2. The highest BCUT2D eigenvalue weighted by Crippen LogP contribution is 2.35. The van der Waals surface area contributed by atoms with Crippen LogP contribution in [-0.2, 0) is 36.9 Å². The van der Waals surface area contributed by atoms with E-state index in [1.807, 2.05) is 0 Å². The van der Waals surface area contributed by atoms with Crippen LogP contribution >= 0.6 is 0 Å². The second-order valence-electron chi connectivity index (χ2n) is 11.1. The summed E-state index contributed by atoms with van der Waals surface area (Å²) >= 11 is 0. The smallest absolute Gasteiger partial charge is 0.142 e. The van der Waals surface area contributed by atoms with Gasteiger partial charge in [-0.1, -0.05) is 37.3 Å². The zero-order valence-corrected chi connectivity index (χ0v) is 24.7. The van der Waals surface area contributed by atoms with Crippen molar-refractivity contribution in [3.8, 4) is 5.75 Å². The van der Waals surface area contributed by atoms with Gasteiger partial charge in [0.2, 0.25) is 0 Å². The fourth-order valence-electron chi connectivity index (χ4n) is 5.78. The molecule has 40 heavy (non-hydrogen) atoms. The number of rotatable bonds is 16. The highest BCUT2D eigenvalue weighted by molar-refractivity contribution is 5.61. The van der Waals surface area contributed by atoms with Gasteiger partial charge in [0.15, 0.2) is 0 Å². The van der Waals surface area contributed by atoms with Crippen molar-refractivity contribution in [1.82, 2.24) is 5.32 Å². The zero-order valence-electron chi connectivity index (χ0n) is 24.7. The number of anilines is 1. The first-order valence-electron chi connectivity index (χ1n) is 14.6. The first kappa shape index (κ1) is 30.8. The molecular weight excluding hydrogens is 508 g/mol. The molecule has 1 unspecified atom stereocenters. The summed E-state index contributed by atoms with van der Waals surface area (Å²) in [6, 6.07) is 15.3. The van der Waals surface area contributed by atoms with E-state index in [2.05, 4.69) is 59.6 Å². The number of fused-ring (bicyclic) bond motifs is 1. The van der Waals surface area contributed by atoms with E-state index in [1.165, 1.54) is 11.1 Å². The lowest BCUT2D eigenvalue weighted by atomic mass is 9.79. The van der Waals surface area contributed by atoms with Gasteiger partial charge in [0.1, 0.15) is 12.4 Å². The molecule has 0 saturated carbocycles. The van der Waals surface area contributed by atoms with Crippen LogP contribution in [0, 0.1) is 11.8 Å². The average molecular weight is 557 g/mol. The standard InChI is InChI=1S/C32H48N2O6/c1-24(19-36-3)20-38-21-25-6-9-27(10-7-25)32-28(23-37-4)17-33-18-31(32)40-22-26-8-11-30-29(16-26)34(13-15-39-30)12-5-14-35-2/h6-11,16,24,28,31-33H,5,12-15,17-23H2,1-4H3/t24?,28-,31-,32-/m0/s1. The molecule has 2 aliphatic heterocycles. The van der Waals surface area contributed by atoms with Crippen LogP contribution in [0.25, 0.3) is 0 Å². The van der Waals surface area contributed by atoms with Gasteiger partial charge in [0, 0.05) is 65.3 Å². The Morgan fingerprint density at radius 1 is 0.950 bits per heavy atom. The summed E-state index contributed by atoms with van der Waals surface area (Å²) in [6.07, 6.45) is 1.03. The molecule has 0 aliphatic carbocycles. The normalized spacial score (nSPS) is 21.6. The number of ether oxygens (including phenoxy) is 6. The maximum absolute atomic E-state index is 6.65. The molecule has 2 heterocycles. The first-order chi connectivity index (χ1) is 19.6. The second kappa shape index (κ2) is 16.3. The van der Waals surface area contributed by atoms with Gasteiger partial charge in [-0.3, -0.25) is 0 Å². The molecule has 2 aromatic carbocycles. The van der Waals surface area contributed by atoms with E-state index in [-0.39, 0.29) is 12.0 Å². The minimum atomic E-state index is 0.0379. The largest absolute Gasteiger partial charge is 0.490 e. The summed E-state index contributed by atoms with van der Waals surface area (Å²) in [5, 5.41) is 3.58. The van der Waals surface area contributed by atoms with Crippen molar-refractivity contribution in [2.75, 3.05) is 85.4 Å². The van der Waals surface area contributed by atoms with E-state index in [0.29, 0.717) is 51.5 Å². The van der Waals surface area contributed by atoms with Crippen molar-refractivity contribution >= 4 is 5.69 Å². The van der Waals surface area contributed by atoms with E-state index in [9.17, 15) is 0 Å². The molecule has 8 heteroatoms. The van der Waals surface area contributed by atoms with Crippen molar-refractivity contribution < 1.29 is 28.4 Å². The van der Waals surface area contributed by atoms with Crippen LogP contribution in [0.1, 0.15) is 36.0 Å². The molecule has 0 radical (unpaired) electrons. The maximum Gasteiger partial charge on any atom is 0.142 e. The van der Waals surface area contributed by atoms with Crippen LogP contribution in [0.4, 0.5) is 5.69 Å². The summed E-state index contributed by atoms with van der Waals surface area (Å²) in [4.78, 5) is 2.39. The molecule has 2 aliphatic rings. The second-order valence-corrected chi connectivity index (χ2v) is 11.1. The Kier molecular flexibility index (Phi) is 12.5. The molecular formula is C32H48N2O6. The maximum atomic E-state index is 6.65. The monoisotopic (exact) mass is 556 g/mol. The summed E-state index contributed by atoms with van der Waals surface area (Å²) in [6.45, 7) is 10.4. The Labute approximate surface area is 240 Å². The van der Waals surface area contributed by atoms with Gasteiger partial charge in [-0.05, 0) is 35.2 Å². The zero-order chi connectivity index (χ0) is 28.2. The van der Waals surface area contributed by atoms with E-state index < -0.39 is 0 Å². The predicted octanol–water partition coefficient (Wildman–Crippen LogP) is 4.26. The van der Waals surface area contributed by atoms with E-state index in [4.69, 9.17) is 28.4 Å². The molecule has 0 bridgehead atoms. The van der Waals surface area contributed by atoms with Crippen molar-refractivity contribution in [3.05, 3.63) is 59.2 Å². The molecule has 1 saturated heterocycles. The Bertz CT molecular complexity index is 1000. The SMILES string of the molecule is COCCCN1CCOc2ccc(CO[C@H]3CNC[C@@H](COC)[C@@H]3c3ccc(COCC(C)COC)cc3)cc21. The third kappa shape index (κ3) is 8.65. The third-order valence-electron chi connectivity index (χ3n) is 7.75.